The van der Waals surface area contributed by atoms with Crippen LogP contribution in [0, 0.1) is 0 Å². The SMILES string of the molecule is CSCc1noc([C@@H]2CCCN(C(=O)N(C)C)C2)n1. The first-order chi connectivity index (χ1) is 9.11. The van der Waals surface area contributed by atoms with Gasteiger partial charge in [0.05, 0.1) is 11.7 Å². The molecule has 19 heavy (non-hydrogen) atoms. The molecule has 1 saturated heterocycles. The fourth-order valence-electron chi connectivity index (χ4n) is 2.26. The molecule has 106 valence electrons. The van der Waals surface area contributed by atoms with Crippen LogP contribution in [0.4, 0.5) is 4.79 Å². The molecule has 1 atom stereocenters. The topological polar surface area (TPSA) is 62.5 Å². The van der Waals surface area contributed by atoms with Gasteiger partial charge in [0.25, 0.3) is 0 Å². The number of piperidine rings is 1. The number of hydrogen-bond donors (Lipinski definition) is 0. The minimum Gasteiger partial charge on any atom is -0.339 e. The molecule has 0 radical (unpaired) electrons. The summed E-state index contributed by atoms with van der Waals surface area (Å²) in [5, 5.41) is 3.97. The lowest BCUT2D eigenvalue weighted by Gasteiger charge is -2.32. The summed E-state index contributed by atoms with van der Waals surface area (Å²) >= 11 is 1.67. The second-order valence-corrected chi connectivity index (χ2v) is 5.81. The molecule has 1 aromatic heterocycles. The summed E-state index contributed by atoms with van der Waals surface area (Å²) in [6.07, 6.45) is 3.98. The van der Waals surface area contributed by atoms with Crippen LogP contribution in [-0.4, -0.2) is 59.4 Å². The monoisotopic (exact) mass is 284 g/mol. The van der Waals surface area contributed by atoms with E-state index in [1.807, 2.05) is 11.2 Å². The quantitative estimate of drug-likeness (QED) is 0.847. The average Bonchev–Trinajstić information content (AvgIpc) is 2.87. The van der Waals surface area contributed by atoms with Crippen molar-refractivity contribution in [1.82, 2.24) is 19.9 Å². The van der Waals surface area contributed by atoms with E-state index in [-0.39, 0.29) is 11.9 Å². The molecule has 0 aliphatic carbocycles. The number of hydrogen-bond acceptors (Lipinski definition) is 5. The van der Waals surface area contributed by atoms with Gasteiger partial charge in [-0.15, -0.1) is 0 Å². The van der Waals surface area contributed by atoms with Crippen molar-refractivity contribution in [2.24, 2.45) is 0 Å². The first-order valence-electron chi connectivity index (χ1n) is 6.39. The van der Waals surface area contributed by atoms with E-state index >= 15 is 0 Å². The Balaban J connectivity index is 2.01. The van der Waals surface area contributed by atoms with Crippen molar-refractivity contribution in [3.63, 3.8) is 0 Å². The first kappa shape index (κ1) is 14.2. The van der Waals surface area contributed by atoms with E-state index in [1.54, 1.807) is 30.8 Å². The maximum atomic E-state index is 12.0. The summed E-state index contributed by atoms with van der Waals surface area (Å²) in [7, 11) is 3.55. The van der Waals surface area contributed by atoms with Crippen LogP contribution in [-0.2, 0) is 5.75 Å². The third-order valence-electron chi connectivity index (χ3n) is 3.18. The predicted molar refractivity (Wildman–Crippen MR) is 74.1 cm³/mol. The summed E-state index contributed by atoms with van der Waals surface area (Å²) in [6.45, 7) is 1.47. The van der Waals surface area contributed by atoms with Crippen LogP contribution in [0.2, 0.25) is 0 Å². The van der Waals surface area contributed by atoms with Crippen LogP contribution in [0.15, 0.2) is 4.52 Å². The van der Waals surface area contributed by atoms with Crippen LogP contribution < -0.4 is 0 Å². The van der Waals surface area contributed by atoms with Gasteiger partial charge in [-0.1, -0.05) is 5.16 Å². The maximum absolute atomic E-state index is 12.0. The minimum absolute atomic E-state index is 0.0496. The lowest BCUT2D eigenvalue weighted by molar-refractivity contribution is 0.149. The molecule has 0 bridgehead atoms. The highest BCUT2D eigenvalue weighted by atomic mass is 32.2. The molecular formula is C12H20N4O2S. The molecule has 1 aliphatic rings. The lowest BCUT2D eigenvalue weighted by Crippen LogP contribution is -2.44. The predicted octanol–water partition coefficient (Wildman–Crippen LogP) is 1.79. The minimum atomic E-state index is 0.0496. The van der Waals surface area contributed by atoms with Crippen LogP contribution in [0.3, 0.4) is 0 Å². The Morgan fingerprint density at radius 3 is 3.05 bits per heavy atom. The molecule has 1 aliphatic heterocycles. The molecule has 1 aromatic rings. The fraction of sp³-hybridized carbons (Fsp3) is 0.750. The first-order valence-corrected chi connectivity index (χ1v) is 7.79. The molecule has 0 N–H and O–H groups in total. The zero-order valence-electron chi connectivity index (χ0n) is 11.6. The highest BCUT2D eigenvalue weighted by Gasteiger charge is 2.29. The Kier molecular flexibility index (Phi) is 4.68. The standard InChI is InChI=1S/C12H20N4O2S/c1-15(2)12(17)16-6-4-5-9(7-16)11-13-10(8-19-3)14-18-11/h9H,4-8H2,1-3H3/t9-/m1/s1. The Morgan fingerprint density at radius 2 is 2.37 bits per heavy atom. The summed E-state index contributed by atoms with van der Waals surface area (Å²) < 4.78 is 5.32. The summed E-state index contributed by atoms with van der Waals surface area (Å²) in [5.74, 6) is 2.33. The highest BCUT2D eigenvalue weighted by Crippen LogP contribution is 2.26. The van der Waals surface area contributed by atoms with Gasteiger partial charge in [-0.3, -0.25) is 0 Å². The van der Waals surface area contributed by atoms with E-state index in [9.17, 15) is 4.79 Å². The second kappa shape index (κ2) is 6.27. The van der Waals surface area contributed by atoms with E-state index in [1.165, 1.54) is 0 Å². The molecule has 2 amide bonds. The maximum Gasteiger partial charge on any atom is 0.319 e. The number of nitrogens with zero attached hydrogens (tertiary/aromatic N) is 4. The summed E-state index contributed by atoms with van der Waals surface area (Å²) in [4.78, 5) is 19.8. The van der Waals surface area contributed by atoms with Crippen LogP contribution in [0.5, 0.6) is 0 Å². The van der Waals surface area contributed by atoms with Gasteiger partial charge in [0.15, 0.2) is 5.82 Å². The molecule has 2 heterocycles. The molecule has 0 spiro atoms. The van der Waals surface area contributed by atoms with Gasteiger partial charge in [-0.2, -0.15) is 16.7 Å². The number of carbonyl (C=O) groups is 1. The zero-order chi connectivity index (χ0) is 13.8. The molecule has 0 unspecified atom stereocenters. The van der Waals surface area contributed by atoms with Crippen molar-refractivity contribution < 1.29 is 9.32 Å². The Bertz CT molecular complexity index is 435. The normalized spacial score (nSPS) is 19.5. The lowest BCUT2D eigenvalue weighted by atomic mass is 9.98. The van der Waals surface area contributed by atoms with Gasteiger partial charge >= 0.3 is 6.03 Å². The van der Waals surface area contributed by atoms with Gasteiger partial charge in [-0.25, -0.2) is 4.79 Å². The third-order valence-corrected chi connectivity index (χ3v) is 3.73. The van der Waals surface area contributed by atoms with Crippen LogP contribution >= 0.6 is 11.8 Å². The van der Waals surface area contributed by atoms with Crippen LogP contribution in [0.25, 0.3) is 0 Å². The number of urea groups is 1. The van der Waals surface area contributed by atoms with Crippen molar-refractivity contribution in [2.75, 3.05) is 33.4 Å². The summed E-state index contributed by atoms with van der Waals surface area (Å²) in [5.41, 5.74) is 0. The molecule has 6 nitrogen and oxygen atoms in total. The van der Waals surface area contributed by atoms with Gasteiger partial charge in [0.2, 0.25) is 5.89 Å². The van der Waals surface area contributed by atoms with Crippen molar-refractivity contribution >= 4 is 17.8 Å². The second-order valence-electron chi connectivity index (χ2n) is 4.94. The van der Waals surface area contributed by atoms with Crippen molar-refractivity contribution in [2.45, 2.75) is 24.5 Å². The van der Waals surface area contributed by atoms with Gasteiger partial charge < -0.3 is 14.3 Å². The molecule has 7 heteroatoms. The zero-order valence-corrected chi connectivity index (χ0v) is 12.4. The largest absolute Gasteiger partial charge is 0.339 e. The summed E-state index contributed by atoms with van der Waals surface area (Å²) in [6, 6.07) is 0.0496. The average molecular weight is 284 g/mol. The third kappa shape index (κ3) is 3.40. The van der Waals surface area contributed by atoms with E-state index in [2.05, 4.69) is 10.1 Å². The number of amides is 2. The van der Waals surface area contributed by atoms with E-state index in [0.29, 0.717) is 12.4 Å². The van der Waals surface area contributed by atoms with Crippen molar-refractivity contribution in [3.8, 4) is 0 Å². The van der Waals surface area contributed by atoms with Gasteiger partial charge in [0, 0.05) is 27.2 Å². The van der Waals surface area contributed by atoms with Gasteiger partial charge in [0.1, 0.15) is 0 Å². The molecular weight excluding hydrogens is 264 g/mol. The smallest absolute Gasteiger partial charge is 0.319 e. The van der Waals surface area contributed by atoms with E-state index < -0.39 is 0 Å². The molecule has 1 fully saturated rings. The molecule has 0 aromatic carbocycles. The van der Waals surface area contributed by atoms with E-state index in [0.717, 1.165) is 31.0 Å². The highest BCUT2D eigenvalue weighted by molar-refractivity contribution is 7.97. The molecule has 2 rings (SSSR count). The van der Waals surface area contributed by atoms with Crippen molar-refractivity contribution in [1.29, 1.82) is 0 Å². The van der Waals surface area contributed by atoms with Crippen LogP contribution in [0.1, 0.15) is 30.5 Å². The number of rotatable bonds is 3. The van der Waals surface area contributed by atoms with E-state index in [4.69, 9.17) is 4.52 Å². The Labute approximate surface area is 117 Å². The fourth-order valence-corrected chi connectivity index (χ4v) is 2.63. The number of aromatic nitrogens is 2. The Hall–Kier alpha value is -1.24. The number of carbonyl (C=O) groups excluding carboxylic acids is 1. The van der Waals surface area contributed by atoms with Crippen molar-refractivity contribution in [3.05, 3.63) is 11.7 Å². The Morgan fingerprint density at radius 1 is 1.58 bits per heavy atom. The molecule has 0 saturated carbocycles. The number of likely N-dealkylation sites (tertiary alicyclic amines) is 1. The van der Waals surface area contributed by atoms with Gasteiger partial charge in [-0.05, 0) is 19.1 Å². The number of thioether (sulfide) groups is 1.